The fourth-order valence-corrected chi connectivity index (χ4v) is 1.20. The molecule has 0 amide bonds. The van der Waals surface area contributed by atoms with E-state index in [2.05, 4.69) is 0 Å². The van der Waals surface area contributed by atoms with E-state index in [0.29, 0.717) is 13.2 Å². The van der Waals surface area contributed by atoms with Crippen LogP contribution in [-0.2, 0) is 14.2 Å². The normalized spacial score (nSPS) is 12.7. The summed E-state index contributed by atoms with van der Waals surface area (Å²) >= 11 is 0. The van der Waals surface area contributed by atoms with E-state index < -0.39 is 6.29 Å². The van der Waals surface area contributed by atoms with E-state index in [1.54, 1.807) is 6.92 Å². The summed E-state index contributed by atoms with van der Waals surface area (Å²) in [6.07, 6.45) is -0.467. The van der Waals surface area contributed by atoms with Gasteiger partial charge in [0.1, 0.15) is 5.75 Å². The van der Waals surface area contributed by atoms with Crippen LogP contribution in [0.25, 0.3) is 0 Å². The maximum absolute atomic E-state index is 5.53. The predicted octanol–water partition coefficient (Wildman–Crippen LogP) is 2.95. The zero-order chi connectivity index (χ0) is 12.5. The van der Waals surface area contributed by atoms with Crippen LogP contribution in [-0.4, -0.2) is 19.5 Å². The van der Waals surface area contributed by atoms with Crippen molar-refractivity contribution in [3.63, 3.8) is 0 Å². The Morgan fingerprint density at radius 2 is 1.65 bits per heavy atom. The van der Waals surface area contributed by atoms with Crippen molar-refractivity contribution in [3.8, 4) is 5.75 Å². The van der Waals surface area contributed by atoms with Crippen molar-refractivity contribution in [1.82, 2.24) is 0 Å². The molecule has 0 aliphatic carbocycles. The van der Waals surface area contributed by atoms with Crippen molar-refractivity contribution in [3.05, 3.63) is 36.8 Å². The van der Waals surface area contributed by atoms with Crippen LogP contribution in [0.2, 0.25) is 0 Å². The van der Waals surface area contributed by atoms with Crippen molar-refractivity contribution in [1.29, 1.82) is 0 Å². The summed E-state index contributed by atoms with van der Waals surface area (Å²) in [4.78, 5) is 0. The third-order valence-electron chi connectivity index (χ3n) is 1.83. The molecule has 0 aliphatic rings. The zero-order valence-corrected chi connectivity index (χ0v) is 10.5. The summed E-state index contributed by atoms with van der Waals surface area (Å²) in [6.45, 7) is 6.65. The van der Waals surface area contributed by atoms with Gasteiger partial charge >= 0.3 is 6.48 Å². The minimum Gasteiger partial charge on any atom is -0.465 e. The second kappa shape index (κ2) is 8.06. The van der Waals surface area contributed by atoms with Crippen LogP contribution in [0.5, 0.6) is 5.75 Å². The summed E-state index contributed by atoms with van der Waals surface area (Å²) in [5.74, 6) is 0.743. The fourth-order valence-electron chi connectivity index (χ4n) is 1.20. The fraction of sp³-hybridized carbons (Fsp3) is 0.462. The second-order valence-electron chi connectivity index (χ2n) is 3.23. The average Bonchev–Trinajstić information content (AvgIpc) is 2.30. The van der Waals surface area contributed by atoms with E-state index in [-0.39, 0.29) is 6.48 Å². The van der Waals surface area contributed by atoms with Gasteiger partial charge in [-0.2, -0.15) is 0 Å². The van der Waals surface area contributed by atoms with E-state index >= 15 is 0 Å². The third kappa shape index (κ3) is 5.68. The molecule has 0 saturated carbocycles. The first kappa shape index (κ1) is 14.0. The topological polar surface area (TPSA) is 36.9 Å². The van der Waals surface area contributed by atoms with E-state index in [1.165, 1.54) is 0 Å². The van der Waals surface area contributed by atoms with Crippen LogP contribution >= 0.6 is 0 Å². The Kier molecular flexibility index (Phi) is 6.62. The molecule has 1 unspecified atom stereocenters. The van der Waals surface area contributed by atoms with Gasteiger partial charge in [-0.05, 0) is 32.9 Å². The number of benzene rings is 1. The molecular formula is C13H19O4. The Morgan fingerprint density at radius 3 is 2.18 bits per heavy atom. The van der Waals surface area contributed by atoms with Gasteiger partial charge in [-0.3, -0.25) is 4.74 Å². The van der Waals surface area contributed by atoms with Crippen LogP contribution in [0, 0.1) is 6.48 Å². The first-order chi connectivity index (χ1) is 8.26. The van der Waals surface area contributed by atoms with E-state index in [4.69, 9.17) is 18.9 Å². The average molecular weight is 239 g/mol. The molecule has 0 heterocycles. The smallest absolute Gasteiger partial charge is 0.373 e. The molecule has 0 spiro atoms. The predicted molar refractivity (Wildman–Crippen MR) is 64.1 cm³/mol. The highest BCUT2D eigenvalue weighted by Gasteiger charge is 2.17. The van der Waals surface area contributed by atoms with Gasteiger partial charge in [0.2, 0.25) is 6.29 Å². The van der Waals surface area contributed by atoms with Gasteiger partial charge in [-0.15, -0.1) is 0 Å². The van der Waals surface area contributed by atoms with Crippen molar-refractivity contribution in [2.75, 3.05) is 13.2 Å². The first-order valence-electron chi connectivity index (χ1n) is 5.77. The molecule has 17 heavy (non-hydrogen) atoms. The Labute approximate surface area is 102 Å². The molecule has 95 valence electrons. The van der Waals surface area contributed by atoms with Crippen molar-refractivity contribution >= 4 is 0 Å². The van der Waals surface area contributed by atoms with E-state index in [0.717, 1.165) is 5.75 Å². The summed E-state index contributed by atoms with van der Waals surface area (Å²) in [7, 11) is 0. The molecule has 1 radical (unpaired) electrons. The van der Waals surface area contributed by atoms with Crippen molar-refractivity contribution in [2.24, 2.45) is 0 Å². The summed E-state index contributed by atoms with van der Waals surface area (Å²) in [5.41, 5.74) is 0. The SMILES string of the molecule is CCO[C](OCC)OC(C)Oc1ccccc1. The van der Waals surface area contributed by atoms with Gasteiger partial charge < -0.3 is 14.2 Å². The maximum Gasteiger partial charge on any atom is 0.373 e. The minimum absolute atomic E-state index is 0.151. The molecule has 1 aromatic carbocycles. The maximum atomic E-state index is 5.53. The summed E-state index contributed by atoms with van der Waals surface area (Å²) in [5, 5.41) is 0. The standard InChI is InChI=1S/C13H19O4/c1-4-14-13(15-5-2)17-11(3)16-12-9-7-6-8-10-12/h6-11H,4-5H2,1-3H3. The molecule has 1 atom stereocenters. The molecule has 1 rings (SSSR count). The molecule has 0 aromatic heterocycles. The lowest BCUT2D eigenvalue weighted by molar-refractivity contribution is -0.234. The van der Waals surface area contributed by atoms with Gasteiger partial charge in [0.05, 0.1) is 0 Å². The highest BCUT2D eigenvalue weighted by Crippen LogP contribution is 2.15. The minimum atomic E-state index is -0.467. The molecule has 0 N–H and O–H groups in total. The number of hydrogen-bond acceptors (Lipinski definition) is 4. The van der Waals surface area contributed by atoms with Crippen molar-refractivity contribution < 1.29 is 18.9 Å². The lowest BCUT2D eigenvalue weighted by Gasteiger charge is -2.20. The Bertz CT molecular complexity index is 283. The quantitative estimate of drug-likeness (QED) is 0.653. The van der Waals surface area contributed by atoms with Gasteiger partial charge in [0, 0.05) is 13.2 Å². The van der Waals surface area contributed by atoms with E-state index in [9.17, 15) is 0 Å². The van der Waals surface area contributed by atoms with Gasteiger partial charge in [0.15, 0.2) is 0 Å². The Hall–Kier alpha value is -1.10. The van der Waals surface area contributed by atoms with Crippen molar-refractivity contribution in [2.45, 2.75) is 27.1 Å². The number of rotatable bonds is 8. The van der Waals surface area contributed by atoms with Gasteiger partial charge in [-0.25, -0.2) is 0 Å². The zero-order valence-electron chi connectivity index (χ0n) is 10.5. The lowest BCUT2D eigenvalue weighted by Crippen LogP contribution is -2.23. The molecule has 1 aromatic rings. The molecule has 0 aliphatic heterocycles. The molecule has 0 saturated heterocycles. The van der Waals surface area contributed by atoms with Crippen LogP contribution < -0.4 is 4.74 Å². The number of para-hydroxylation sites is 1. The van der Waals surface area contributed by atoms with Gasteiger partial charge in [0.25, 0.3) is 0 Å². The Morgan fingerprint density at radius 1 is 1.06 bits per heavy atom. The molecule has 4 nitrogen and oxygen atoms in total. The summed E-state index contributed by atoms with van der Waals surface area (Å²) in [6, 6.07) is 9.45. The molecule has 4 heteroatoms. The van der Waals surface area contributed by atoms with Gasteiger partial charge in [-0.1, -0.05) is 18.2 Å². The first-order valence-corrected chi connectivity index (χ1v) is 5.77. The van der Waals surface area contributed by atoms with Crippen LogP contribution in [0.3, 0.4) is 0 Å². The van der Waals surface area contributed by atoms with Crippen LogP contribution in [0.4, 0.5) is 0 Å². The third-order valence-corrected chi connectivity index (χ3v) is 1.83. The Balaban J connectivity index is 2.38. The monoisotopic (exact) mass is 239 g/mol. The van der Waals surface area contributed by atoms with Crippen LogP contribution in [0.1, 0.15) is 20.8 Å². The molecule has 0 bridgehead atoms. The van der Waals surface area contributed by atoms with Crippen LogP contribution in [0.15, 0.2) is 30.3 Å². The highest BCUT2D eigenvalue weighted by molar-refractivity contribution is 5.20. The van der Waals surface area contributed by atoms with E-state index in [1.807, 2.05) is 44.2 Å². The molecule has 0 fully saturated rings. The second-order valence-corrected chi connectivity index (χ2v) is 3.23. The molecular weight excluding hydrogens is 220 g/mol. The summed E-state index contributed by atoms with van der Waals surface area (Å²) < 4.78 is 21.3. The highest BCUT2D eigenvalue weighted by atomic mass is 16.9. The lowest BCUT2D eigenvalue weighted by atomic mass is 10.3. The largest absolute Gasteiger partial charge is 0.465 e. The number of ether oxygens (including phenoxy) is 4. The number of hydrogen-bond donors (Lipinski definition) is 0.